The van der Waals surface area contributed by atoms with Gasteiger partial charge < -0.3 is 15.6 Å². The normalized spacial score (nSPS) is 11.5. The highest BCUT2D eigenvalue weighted by Crippen LogP contribution is 2.28. The Kier molecular flexibility index (Phi) is 6.09. The standard InChI is InChI=1S/C21H17F3N6O2S/c1-11(31)15-3-2-13(33-15)8-26-14-9-27-18-17(14)29-10-30-19(18)20(32)28-7-12-4-5-25-16(6-12)21(22,23)24/h2-6,9-10,26-27H,7-8H2,1H3,(H,28,32). The van der Waals surface area contributed by atoms with E-state index in [1.165, 1.54) is 30.7 Å². The number of nitrogens with one attached hydrogen (secondary N) is 3. The fraction of sp³-hybridized carbons (Fsp3) is 0.190. The highest BCUT2D eigenvalue weighted by Gasteiger charge is 2.32. The summed E-state index contributed by atoms with van der Waals surface area (Å²) in [7, 11) is 0. The summed E-state index contributed by atoms with van der Waals surface area (Å²) in [6.07, 6.45) is -0.635. The highest BCUT2D eigenvalue weighted by atomic mass is 32.1. The third-order valence-electron chi connectivity index (χ3n) is 4.71. The lowest BCUT2D eigenvalue weighted by atomic mass is 10.2. The maximum Gasteiger partial charge on any atom is 0.433 e. The van der Waals surface area contributed by atoms with Crippen LogP contribution in [0.1, 0.15) is 43.2 Å². The van der Waals surface area contributed by atoms with Crippen LogP contribution in [-0.2, 0) is 19.3 Å². The molecule has 8 nitrogen and oxygen atoms in total. The minimum atomic E-state index is -4.57. The number of rotatable bonds is 7. The Labute approximate surface area is 189 Å². The van der Waals surface area contributed by atoms with Crippen molar-refractivity contribution in [3.63, 3.8) is 0 Å². The third kappa shape index (κ3) is 5.00. The van der Waals surface area contributed by atoms with Crippen LogP contribution in [0, 0.1) is 0 Å². The number of ketones is 1. The second-order valence-corrected chi connectivity index (χ2v) is 8.22. The predicted octanol–water partition coefficient (Wildman–Crippen LogP) is 4.18. The summed E-state index contributed by atoms with van der Waals surface area (Å²) in [5.74, 6) is -0.561. The molecule has 0 bridgehead atoms. The van der Waals surface area contributed by atoms with Gasteiger partial charge in [0.1, 0.15) is 17.5 Å². The van der Waals surface area contributed by atoms with Crippen LogP contribution >= 0.6 is 11.3 Å². The molecule has 12 heteroatoms. The van der Waals surface area contributed by atoms with Crippen molar-refractivity contribution in [2.45, 2.75) is 26.2 Å². The Morgan fingerprint density at radius 1 is 1.12 bits per heavy atom. The maximum absolute atomic E-state index is 12.8. The lowest BCUT2D eigenvalue weighted by Crippen LogP contribution is -2.24. The van der Waals surface area contributed by atoms with Gasteiger partial charge in [0.25, 0.3) is 5.91 Å². The molecule has 0 atom stereocenters. The number of carbonyl (C=O) groups excluding carboxylic acids is 2. The Balaban J connectivity index is 1.46. The summed E-state index contributed by atoms with van der Waals surface area (Å²) in [4.78, 5) is 40.2. The largest absolute Gasteiger partial charge is 0.433 e. The van der Waals surface area contributed by atoms with E-state index >= 15 is 0 Å². The van der Waals surface area contributed by atoms with Crippen molar-refractivity contribution in [1.82, 2.24) is 25.3 Å². The van der Waals surface area contributed by atoms with Gasteiger partial charge in [-0.3, -0.25) is 14.6 Å². The van der Waals surface area contributed by atoms with Crippen LogP contribution in [-0.4, -0.2) is 31.6 Å². The number of fused-ring (bicyclic) bond motifs is 1. The number of alkyl halides is 3. The zero-order valence-corrected chi connectivity index (χ0v) is 18.0. The number of pyridine rings is 1. The Bertz CT molecular complexity index is 1330. The van der Waals surface area contributed by atoms with E-state index < -0.39 is 17.8 Å². The Morgan fingerprint density at radius 3 is 2.67 bits per heavy atom. The molecule has 170 valence electrons. The molecule has 4 rings (SSSR count). The number of hydrogen-bond acceptors (Lipinski definition) is 7. The number of amides is 1. The van der Waals surface area contributed by atoms with Crippen LogP contribution in [0.25, 0.3) is 11.0 Å². The van der Waals surface area contributed by atoms with E-state index in [-0.39, 0.29) is 23.6 Å². The van der Waals surface area contributed by atoms with Crippen LogP contribution < -0.4 is 10.6 Å². The smallest absolute Gasteiger partial charge is 0.377 e. The van der Waals surface area contributed by atoms with Gasteiger partial charge in [-0.1, -0.05) is 0 Å². The predicted molar refractivity (Wildman–Crippen MR) is 116 cm³/mol. The summed E-state index contributed by atoms with van der Waals surface area (Å²) in [5, 5.41) is 5.78. The van der Waals surface area contributed by atoms with E-state index in [4.69, 9.17) is 0 Å². The molecule has 0 radical (unpaired) electrons. The van der Waals surface area contributed by atoms with Crippen LogP contribution in [0.15, 0.2) is 43.0 Å². The van der Waals surface area contributed by atoms with E-state index in [1.807, 2.05) is 6.07 Å². The third-order valence-corrected chi connectivity index (χ3v) is 5.89. The summed E-state index contributed by atoms with van der Waals surface area (Å²) in [5.41, 5.74) is 0.808. The first-order valence-corrected chi connectivity index (χ1v) is 10.5. The van der Waals surface area contributed by atoms with E-state index in [0.29, 0.717) is 28.1 Å². The fourth-order valence-corrected chi connectivity index (χ4v) is 3.94. The van der Waals surface area contributed by atoms with E-state index in [9.17, 15) is 22.8 Å². The van der Waals surface area contributed by atoms with Crippen molar-refractivity contribution in [2.75, 3.05) is 5.32 Å². The highest BCUT2D eigenvalue weighted by molar-refractivity contribution is 7.14. The molecule has 0 unspecified atom stereocenters. The number of anilines is 1. The van der Waals surface area contributed by atoms with Crippen molar-refractivity contribution in [3.05, 3.63) is 69.7 Å². The fourth-order valence-electron chi connectivity index (χ4n) is 3.10. The maximum atomic E-state index is 12.8. The monoisotopic (exact) mass is 474 g/mol. The number of Topliss-reactive ketones (excluding diaryl/α,β-unsaturated/α-hetero) is 1. The molecule has 1 amide bonds. The minimum absolute atomic E-state index is 0.00290. The Hall–Kier alpha value is -3.80. The van der Waals surface area contributed by atoms with Crippen LogP contribution in [0.5, 0.6) is 0 Å². The van der Waals surface area contributed by atoms with Crippen molar-refractivity contribution < 1.29 is 22.8 Å². The number of aromatic nitrogens is 4. The molecule has 0 fully saturated rings. The van der Waals surface area contributed by atoms with Crippen LogP contribution in [0.4, 0.5) is 18.9 Å². The molecule has 3 N–H and O–H groups in total. The van der Waals surface area contributed by atoms with Gasteiger partial charge >= 0.3 is 6.18 Å². The molecule has 0 spiro atoms. The minimum Gasteiger partial charge on any atom is -0.377 e. The van der Waals surface area contributed by atoms with Gasteiger partial charge in [-0.25, -0.2) is 9.97 Å². The molecule has 33 heavy (non-hydrogen) atoms. The quantitative estimate of drug-likeness (QED) is 0.347. The number of nitrogens with zero attached hydrogens (tertiary/aromatic N) is 3. The first-order valence-electron chi connectivity index (χ1n) is 9.68. The van der Waals surface area contributed by atoms with Gasteiger partial charge in [0.05, 0.1) is 16.1 Å². The van der Waals surface area contributed by atoms with E-state index in [2.05, 4.69) is 30.6 Å². The molecule has 0 saturated heterocycles. The molecular formula is C21H17F3N6O2S. The van der Waals surface area contributed by atoms with Gasteiger partial charge in [-0.05, 0) is 36.8 Å². The molecular weight excluding hydrogens is 457 g/mol. The number of halogens is 3. The van der Waals surface area contributed by atoms with Gasteiger partial charge in [-0.15, -0.1) is 11.3 Å². The molecule has 4 aromatic heterocycles. The van der Waals surface area contributed by atoms with E-state index in [1.54, 1.807) is 12.3 Å². The zero-order chi connectivity index (χ0) is 23.6. The zero-order valence-electron chi connectivity index (χ0n) is 17.2. The van der Waals surface area contributed by atoms with Gasteiger partial charge in [-0.2, -0.15) is 13.2 Å². The lowest BCUT2D eigenvalue weighted by molar-refractivity contribution is -0.141. The number of aromatic amines is 1. The molecule has 4 aromatic rings. The average molecular weight is 474 g/mol. The SMILES string of the molecule is CC(=O)c1ccc(CNc2c[nH]c3c(C(=O)NCc4ccnc(C(F)(F)F)c4)ncnc23)s1. The lowest BCUT2D eigenvalue weighted by Gasteiger charge is -2.09. The van der Waals surface area contributed by atoms with Crippen molar-refractivity contribution in [3.8, 4) is 0 Å². The Morgan fingerprint density at radius 2 is 1.94 bits per heavy atom. The second kappa shape index (κ2) is 8.98. The number of carbonyl (C=O) groups is 2. The van der Waals surface area contributed by atoms with Gasteiger partial charge in [0.2, 0.25) is 0 Å². The second-order valence-electron chi connectivity index (χ2n) is 7.05. The van der Waals surface area contributed by atoms with Crippen LogP contribution in [0.2, 0.25) is 0 Å². The number of thiophene rings is 1. The summed E-state index contributed by atoms with van der Waals surface area (Å²) >= 11 is 1.39. The summed E-state index contributed by atoms with van der Waals surface area (Å²) in [6, 6.07) is 5.91. The van der Waals surface area contributed by atoms with Crippen molar-refractivity contribution in [2.24, 2.45) is 0 Å². The average Bonchev–Trinajstić information content (AvgIpc) is 3.43. The molecule has 4 heterocycles. The molecule has 0 saturated carbocycles. The first kappa shape index (κ1) is 22.4. The van der Waals surface area contributed by atoms with Gasteiger partial charge in [0.15, 0.2) is 11.5 Å². The number of hydrogen-bond donors (Lipinski definition) is 3. The molecule has 0 aliphatic rings. The molecule has 0 aromatic carbocycles. The summed E-state index contributed by atoms with van der Waals surface area (Å²) < 4.78 is 38.5. The van der Waals surface area contributed by atoms with Crippen molar-refractivity contribution in [1.29, 1.82) is 0 Å². The van der Waals surface area contributed by atoms with Gasteiger partial charge in [0, 0.05) is 30.4 Å². The summed E-state index contributed by atoms with van der Waals surface area (Å²) in [6.45, 7) is 1.84. The topological polar surface area (TPSA) is 113 Å². The first-order chi connectivity index (χ1) is 15.7. The number of H-pyrrole nitrogens is 1. The molecule has 0 aliphatic carbocycles. The van der Waals surface area contributed by atoms with Crippen molar-refractivity contribution >= 4 is 39.7 Å². The van der Waals surface area contributed by atoms with Crippen LogP contribution in [0.3, 0.4) is 0 Å². The molecule has 0 aliphatic heterocycles. The van der Waals surface area contributed by atoms with E-state index in [0.717, 1.165) is 17.1 Å².